The van der Waals surface area contributed by atoms with Gasteiger partial charge in [-0.15, -0.1) is 0 Å². The lowest BCUT2D eigenvalue weighted by Gasteiger charge is -2.19. The molecule has 0 heterocycles. The lowest BCUT2D eigenvalue weighted by Crippen LogP contribution is -2.03. The molecule has 350 valence electrons. The molecule has 0 saturated heterocycles. The van der Waals surface area contributed by atoms with Crippen LogP contribution in [-0.4, -0.2) is 36.6 Å². The fourth-order valence-electron chi connectivity index (χ4n) is 8.31. The van der Waals surface area contributed by atoms with Gasteiger partial charge in [-0.05, 0) is 108 Å². The molecule has 2 N–H and O–H groups in total. The standard InChI is InChI=1S/C60H74O6/c1-5-9-13-17-37-63-57-43-55(49-29-33-51(61)34-30-49)59(65-39-19-15-11-7-3)41-53(57)47-25-21-45(22-26-47)46-23-27-48(28-24-46)54-42-60(66-40-20-16-12-8-4)56(50-31-35-52(62)36-32-50)44-58(54)64-38-18-14-10-6-2/h21-36,41-44,61-62H,5-20,37-40H2,1-4H3. The predicted molar refractivity (Wildman–Crippen MR) is 275 cm³/mol. The molecule has 6 aromatic rings. The minimum Gasteiger partial charge on any atom is -0.508 e. The van der Waals surface area contributed by atoms with Crippen LogP contribution in [0.15, 0.2) is 121 Å². The molecular formula is C60H74O6. The average molecular weight is 891 g/mol. The topological polar surface area (TPSA) is 77.4 Å². The fraction of sp³-hybridized carbons (Fsp3) is 0.400. The molecule has 6 aromatic carbocycles. The van der Waals surface area contributed by atoms with E-state index in [1.165, 1.54) is 51.4 Å². The van der Waals surface area contributed by atoms with Crippen LogP contribution in [0.25, 0.3) is 55.6 Å². The summed E-state index contributed by atoms with van der Waals surface area (Å²) in [4.78, 5) is 0. The van der Waals surface area contributed by atoms with E-state index in [1.54, 1.807) is 24.3 Å². The van der Waals surface area contributed by atoms with E-state index >= 15 is 0 Å². The number of phenolic OH excluding ortho intramolecular Hbond substituents is 2. The molecule has 66 heavy (non-hydrogen) atoms. The molecule has 0 unspecified atom stereocenters. The third kappa shape index (κ3) is 14.6. The van der Waals surface area contributed by atoms with Crippen molar-refractivity contribution in [2.75, 3.05) is 26.4 Å². The normalized spacial score (nSPS) is 11.2. The van der Waals surface area contributed by atoms with Crippen molar-refractivity contribution in [1.82, 2.24) is 0 Å². The van der Waals surface area contributed by atoms with Crippen molar-refractivity contribution in [3.63, 3.8) is 0 Å². The van der Waals surface area contributed by atoms with E-state index in [1.807, 2.05) is 24.3 Å². The van der Waals surface area contributed by atoms with Crippen molar-refractivity contribution in [1.29, 1.82) is 0 Å². The Balaban J connectivity index is 1.32. The molecule has 0 aliphatic heterocycles. The van der Waals surface area contributed by atoms with Gasteiger partial charge in [0.1, 0.15) is 34.5 Å². The van der Waals surface area contributed by atoms with Crippen LogP contribution in [0.3, 0.4) is 0 Å². The number of hydrogen-bond donors (Lipinski definition) is 2. The largest absolute Gasteiger partial charge is 0.508 e. The Labute approximate surface area is 396 Å². The van der Waals surface area contributed by atoms with Crippen molar-refractivity contribution < 1.29 is 29.2 Å². The Morgan fingerprint density at radius 1 is 0.273 bits per heavy atom. The Bertz CT molecular complexity index is 2150. The van der Waals surface area contributed by atoms with Gasteiger partial charge in [0.2, 0.25) is 0 Å². The van der Waals surface area contributed by atoms with Gasteiger partial charge < -0.3 is 29.2 Å². The van der Waals surface area contributed by atoms with E-state index < -0.39 is 0 Å². The van der Waals surface area contributed by atoms with E-state index in [0.717, 1.165) is 130 Å². The van der Waals surface area contributed by atoms with Gasteiger partial charge in [0.05, 0.1) is 26.4 Å². The number of benzene rings is 6. The molecule has 0 saturated carbocycles. The fourth-order valence-corrected chi connectivity index (χ4v) is 8.31. The molecule has 0 fully saturated rings. The van der Waals surface area contributed by atoms with Gasteiger partial charge in [-0.1, -0.05) is 178 Å². The quantitative estimate of drug-likeness (QED) is 0.0457. The van der Waals surface area contributed by atoms with E-state index in [-0.39, 0.29) is 11.5 Å². The van der Waals surface area contributed by atoms with Crippen molar-refractivity contribution in [2.24, 2.45) is 0 Å². The van der Waals surface area contributed by atoms with Crippen LogP contribution >= 0.6 is 0 Å². The van der Waals surface area contributed by atoms with Crippen molar-refractivity contribution in [3.05, 3.63) is 121 Å². The van der Waals surface area contributed by atoms with Gasteiger partial charge in [0.15, 0.2) is 0 Å². The Morgan fingerprint density at radius 2 is 0.485 bits per heavy atom. The smallest absolute Gasteiger partial charge is 0.128 e. The summed E-state index contributed by atoms with van der Waals surface area (Å²) in [5.41, 5.74) is 10.2. The molecule has 0 spiro atoms. The SMILES string of the molecule is CCCCCCOc1cc(-c2ccc(-c3ccc(-c4cc(OCCCCCC)c(-c5ccc(O)cc5)cc4OCCCCCC)cc3)cc2)c(OCCCCCC)cc1-c1ccc(O)cc1. The molecule has 0 atom stereocenters. The summed E-state index contributed by atoms with van der Waals surface area (Å²) in [6, 6.07) is 40.7. The maximum atomic E-state index is 10.1. The first-order valence-electron chi connectivity index (χ1n) is 25.1. The van der Waals surface area contributed by atoms with Gasteiger partial charge >= 0.3 is 0 Å². The highest BCUT2D eigenvalue weighted by Gasteiger charge is 2.19. The Morgan fingerprint density at radius 3 is 0.712 bits per heavy atom. The van der Waals surface area contributed by atoms with Crippen molar-refractivity contribution >= 4 is 0 Å². The van der Waals surface area contributed by atoms with Crippen LogP contribution < -0.4 is 18.9 Å². The number of unbranched alkanes of at least 4 members (excludes halogenated alkanes) is 12. The molecule has 6 nitrogen and oxygen atoms in total. The van der Waals surface area contributed by atoms with Gasteiger partial charge in [-0.2, -0.15) is 0 Å². The Hall–Kier alpha value is -5.88. The predicted octanol–water partition coefficient (Wildman–Crippen LogP) is 17.3. The van der Waals surface area contributed by atoms with E-state index in [2.05, 4.69) is 100 Å². The van der Waals surface area contributed by atoms with Crippen LogP contribution in [0.5, 0.6) is 34.5 Å². The maximum absolute atomic E-state index is 10.1. The van der Waals surface area contributed by atoms with Crippen LogP contribution in [0.4, 0.5) is 0 Å². The highest BCUT2D eigenvalue weighted by atomic mass is 16.5. The second-order valence-corrected chi connectivity index (χ2v) is 17.6. The third-order valence-electron chi connectivity index (χ3n) is 12.3. The lowest BCUT2D eigenvalue weighted by atomic mass is 9.94. The van der Waals surface area contributed by atoms with E-state index in [4.69, 9.17) is 18.9 Å². The second-order valence-electron chi connectivity index (χ2n) is 17.6. The first-order chi connectivity index (χ1) is 32.4. The molecule has 0 radical (unpaired) electrons. The summed E-state index contributed by atoms with van der Waals surface area (Å²) in [6.07, 6.45) is 18.0. The molecule has 6 rings (SSSR count). The zero-order valence-electron chi connectivity index (χ0n) is 40.2. The highest BCUT2D eigenvalue weighted by Crippen LogP contribution is 2.44. The van der Waals surface area contributed by atoms with Crippen LogP contribution in [0.2, 0.25) is 0 Å². The zero-order chi connectivity index (χ0) is 46.4. The number of aromatic hydroxyl groups is 2. The summed E-state index contributed by atoms with van der Waals surface area (Å²) in [6.45, 7) is 11.5. The highest BCUT2D eigenvalue weighted by molar-refractivity contribution is 5.84. The summed E-state index contributed by atoms with van der Waals surface area (Å²) < 4.78 is 26.3. The number of hydrogen-bond acceptors (Lipinski definition) is 6. The third-order valence-corrected chi connectivity index (χ3v) is 12.3. The molecule has 0 aliphatic rings. The number of phenols is 2. The summed E-state index contributed by atoms with van der Waals surface area (Å²) >= 11 is 0. The molecule has 0 amide bonds. The van der Waals surface area contributed by atoms with Gasteiger partial charge in [0, 0.05) is 22.3 Å². The Kier molecular flexibility index (Phi) is 20.2. The summed E-state index contributed by atoms with van der Waals surface area (Å²) in [7, 11) is 0. The van der Waals surface area contributed by atoms with E-state index in [9.17, 15) is 10.2 Å². The van der Waals surface area contributed by atoms with Crippen molar-refractivity contribution in [2.45, 2.75) is 130 Å². The van der Waals surface area contributed by atoms with Gasteiger partial charge in [0.25, 0.3) is 0 Å². The van der Waals surface area contributed by atoms with Crippen LogP contribution in [0, 0.1) is 0 Å². The average Bonchev–Trinajstić information content (AvgIpc) is 3.34. The van der Waals surface area contributed by atoms with Gasteiger partial charge in [-0.25, -0.2) is 0 Å². The van der Waals surface area contributed by atoms with Gasteiger partial charge in [-0.3, -0.25) is 0 Å². The van der Waals surface area contributed by atoms with Crippen molar-refractivity contribution in [3.8, 4) is 90.1 Å². The lowest BCUT2D eigenvalue weighted by molar-refractivity contribution is 0.299. The molecule has 0 bridgehead atoms. The van der Waals surface area contributed by atoms with Crippen LogP contribution in [0.1, 0.15) is 130 Å². The first kappa shape index (κ1) is 49.6. The molecule has 6 heteroatoms. The zero-order valence-corrected chi connectivity index (χ0v) is 40.2. The summed E-state index contributed by atoms with van der Waals surface area (Å²) in [5.74, 6) is 3.76. The maximum Gasteiger partial charge on any atom is 0.128 e. The monoisotopic (exact) mass is 891 g/mol. The number of rotatable bonds is 29. The number of ether oxygens (including phenoxy) is 4. The first-order valence-corrected chi connectivity index (χ1v) is 25.1. The molecule has 0 aliphatic carbocycles. The molecule has 0 aromatic heterocycles. The minimum absolute atomic E-state index is 0.235. The molecular weight excluding hydrogens is 817 g/mol. The second kappa shape index (κ2) is 26.9. The van der Waals surface area contributed by atoms with Crippen LogP contribution in [-0.2, 0) is 0 Å². The van der Waals surface area contributed by atoms with E-state index in [0.29, 0.717) is 26.4 Å². The minimum atomic E-state index is 0.235. The summed E-state index contributed by atoms with van der Waals surface area (Å²) in [5, 5.41) is 20.2.